The molecule has 166 valence electrons. The first-order valence-electron chi connectivity index (χ1n) is 12.8. The Morgan fingerprint density at radius 2 is 1.66 bits per heavy atom. The molecule has 0 aromatic carbocycles. The van der Waals surface area contributed by atoms with Crippen molar-refractivity contribution in [3.63, 3.8) is 0 Å². The summed E-state index contributed by atoms with van der Waals surface area (Å²) in [5, 5.41) is 0.227. The minimum atomic E-state index is 0.227. The first kappa shape index (κ1) is 22.2. The number of carbonyl (C=O) groups excluding carboxylic acids is 1. The van der Waals surface area contributed by atoms with Gasteiger partial charge in [0.05, 0.1) is 0 Å². The normalized spacial score (nSPS) is 48.2. The Labute approximate surface area is 185 Å². The Balaban J connectivity index is 1.50. The summed E-state index contributed by atoms with van der Waals surface area (Å²) >= 11 is 6.51. The molecule has 0 aromatic rings. The third-order valence-electron chi connectivity index (χ3n) is 10.6. The van der Waals surface area contributed by atoms with Crippen LogP contribution in [0.2, 0.25) is 0 Å². The number of hydrogen-bond donors (Lipinski definition) is 0. The molecule has 0 bridgehead atoms. The Kier molecular flexibility index (Phi) is 6.22. The molecular formula is C27H45ClO. The van der Waals surface area contributed by atoms with E-state index in [4.69, 9.17) is 11.6 Å². The number of alkyl halides is 1. The van der Waals surface area contributed by atoms with Crippen LogP contribution in [0.25, 0.3) is 0 Å². The number of carbonyl (C=O) groups is 1. The molecule has 4 aliphatic carbocycles. The fourth-order valence-corrected chi connectivity index (χ4v) is 9.31. The van der Waals surface area contributed by atoms with Crippen LogP contribution in [0.15, 0.2) is 0 Å². The highest BCUT2D eigenvalue weighted by Gasteiger charge is 2.62. The van der Waals surface area contributed by atoms with Gasteiger partial charge < -0.3 is 0 Å². The van der Waals surface area contributed by atoms with Gasteiger partial charge in [-0.3, -0.25) is 4.79 Å². The van der Waals surface area contributed by atoms with E-state index in [0.29, 0.717) is 17.1 Å². The van der Waals surface area contributed by atoms with Crippen LogP contribution in [0.1, 0.15) is 105 Å². The van der Waals surface area contributed by atoms with Gasteiger partial charge in [-0.05, 0) is 91.3 Å². The number of fused-ring (bicyclic) bond motifs is 5. The lowest BCUT2D eigenvalue weighted by Crippen LogP contribution is -2.56. The lowest BCUT2D eigenvalue weighted by molar-refractivity contribution is -0.154. The van der Waals surface area contributed by atoms with Gasteiger partial charge in [-0.2, -0.15) is 0 Å². The van der Waals surface area contributed by atoms with Gasteiger partial charge >= 0.3 is 0 Å². The highest BCUT2D eigenvalue weighted by atomic mass is 35.5. The lowest BCUT2D eigenvalue weighted by atomic mass is 9.44. The molecule has 1 nitrogen and oxygen atoms in total. The van der Waals surface area contributed by atoms with E-state index in [2.05, 4.69) is 34.6 Å². The minimum Gasteiger partial charge on any atom is -0.299 e. The smallest absolute Gasteiger partial charge is 0.136 e. The van der Waals surface area contributed by atoms with E-state index in [0.717, 1.165) is 48.9 Å². The van der Waals surface area contributed by atoms with Crippen molar-refractivity contribution < 1.29 is 4.79 Å². The van der Waals surface area contributed by atoms with Crippen LogP contribution in [0.4, 0.5) is 0 Å². The van der Waals surface area contributed by atoms with Crippen molar-refractivity contribution in [1.29, 1.82) is 0 Å². The van der Waals surface area contributed by atoms with E-state index in [1.54, 1.807) is 0 Å². The Morgan fingerprint density at radius 3 is 2.38 bits per heavy atom. The Morgan fingerprint density at radius 1 is 0.966 bits per heavy atom. The van der Waals surface area contributed by atoms with Gasteiger partial charge in [0, 0.05) is 17.7 Å². The zero-order valence-electron chi connectivity index (χ0n) is 19.7. The molecule has 0 amide bonds. The van der Waals surface area contributed by atoms with Gasteiger partial charge in [-0.25, -0.2) is 0 Å². The number of halogens is 1. The molecule has 4 saturated carbocycles. The molecule has 0 aliphatic heterocycles. The van der Waals surface area contributed by atoms with Crippen molar-refractivity contribution in [1.82, 2.24) is 0 Å². The second-order valence-electron chi connectivity index (χ2n) is 12.5. The molecule has 0 N–H and O–H groups in total. The predicted octanol–water partition coefficient (Wildman–Crippen LogP) is 7.89. The summed E-state index contributed by atoms with van der Waals surface area (Å²) in [6.07, 6.45) is 13.8. The summed E-state index contributed by atoms with van der Waals surface area (Å²) in [4.78, 5) is 13.3. The van der Waals surface area contributed by atoms with Crippen LogP contribution in [0.3, 0.4) is 0 Å². The predicted molar refractivity (Wildman–Crippen MR) is 123 cm³/mol. The van der Waals surface area contributed by atoms with Crippen molar-refractivity contribution >= 4 is 17.4 Å². The molecule has 1 unspecified atom stereocenters. The topological polar surface area (TPSA) is 17.1 Å². The molecule has 0 radical (unpaired) electrons. The Bertz CT molecular complexity index is 614. The third kappa shape index (κ3) is 3.74. The fourth-order valence-electron chi connectivity index (χ4n) is 9.02. The average Bonchev–Trinajstić information content (AvgIpc) is 3.00. The third-order valence-corrected chi connectivity index (χ3v) is 11.0. The summed E-state index contributed by atoms with van der Waals surface area (Å²) in [7, 11) is 0. The van der Waals surface area contributed by atoms with E-state index < -0.39 is 0 Å². The van der Waals surface area contributed by atoms with Crippen LogP contribution in [0.5, 0.6) is 0 Å². The first-order chi connectivity index (χ1) is 13.7. The van der Waals surface area contributed by atoms with E-state index in [1.165, 1.54) is 51.4 Å². The minimum absolute atomic E-state index is 0.227. The van der Waals surface area contributed by atoms with E-state index in [1.807, 2.05) is 0 Å². The fraction of sp³-hybridized carbons (Fsp3) is 0.963. The van der Waals surface area contributed by atoms with Crippen molar-refractivity contribution in [2.75, 3.05) is 0 Å². The second kappa shape index (κ2) is 8.14. The molecule has 4 fully saturated rings. The van der Waals surface area contributed by atoms with Gasteiger partial charge in [0.25, 0.3) is 0 Å². The van der Waals surface area contributed by atoms with E-state index in [-0.39, 0.29) is 16.7 Å². The van der Waals surface area contributed by atoms with Crippen LogP contribution in [-0.2, 0) is 4.79 Å². The van der Waals surface area contributed by atoms with Crippen molar-refractivity contribution in [3.05, 3.63) is 0 Å². The monoisotopic (exact) mass is 420 g/mol. The molecule has 2 heteroatoms. The molecule has 0 heterocycles. The van der Waals surface area contributed by atoms with Crippen molar-refractivity contribution in [2.45, 2.75) is 111 Å². The maximum atomic E-state index is 13.3. The molecule has 4 aliphatic rings. The molecule has 0 spiro atoms. The Hall–Kier alpha value is -0.0400. The molecule has 0 aromatic heterocycles. The average molecular weight is 421 g/mol. The molecular weight excluding hydrogens is 376 g/mol. The van der Waals surface area contributed by atoms with Crippen LogP contribution < -0.4 is 0 Å². The highest BCUT2D eigenvalue weighted by Crippen LogP contribution is 2.68. The SMILES string of the molecule is CC(C)CCC[C@@H](C)[C@H]1CC[C@H]2[C@@H]3CC(=O)C4C[C@@H](Cl)CC[C@]4(C)[C@H]3CC[C@]12C. The highest BCUT2D eigenvalue weighted by molar-refractivity contribution is 6.20. The van der Waals surface area contributed by atoms with E-state index >= 15 is 0 Å². The summed E-state index contributed by atoms with van der Waals surface area (Å²) in [6, 6.07) is 0. The first-order valence-corrected chi connectivity index (χ1v) is 13.3. The second-order valence-corrected chi connectivity index (χ2v) is 13.1. The lowest BCUT2D eigenvalue weighted by Gasteiger charge is -2.60. The number of Topliss-reactive ketones (excluding diaryl/α,β-unsaturated/α-hetero) is 1. The van der Waals surface area contributed by atoms with Gasteiger partial charge in [-0.15, -0.1) is 11.6 Å². The van der Waals surface area contributed by atoms with Crippen molar-refractivity contribution in [2.24, 2.45) is 52.3 Å². The van der Waals surface area contributed by atoms with Crippen LogP contribution in [-0.4, -0.2) is 11.2 Å². The standard InChI is InChI=1S/C27H45ClO/c1-17(2)7-6-8-18(3)21-9-10-22-20-16-25(29)24-15-19(28)11-13-27(24,5)23(20)12-14-26(21,22)4/h17-24H,6-16H2,1-5H3/t18-,19+,20+,21-,22+,23+,24?,26-,27-/m1/s1. The van der Waals surface area contributed by atoms with Gasteiger partial charge in [-0.1, -0.05) is 53.9 Å². The summed E-state index contributed by atoms with van der Waals surface area (Å²) in [5.41, 5.74) is 0.708. The zero-order valence-corrected chi connectivity index (χ0v) is 20.4. The van der Waals surface area contributed by atoms with Crippen molar-refractivity contribution in [3.8, 4) is 0 Å². The zero-order chi connectivity index (χ0) is 21.0. The summed E-state index contributed by atoms with van der Waals surface area (Å²) in [6.45, 7) is 12.3. The maximum absolute atomic E-state index is 13.3. The summed E-state index contributed by atoms with van der Waals surface area (Å²) < 4.78 is 0. The maximum Gasteiger partial charge on any atom is 0.136 e. The van der Waals surface area contributed by atoms with E-state index in [9.17, 15) is 4.79 Å². The van der Waals surface area contributed by atoms with Gasteiger partial charge in [0.2, 0.25) is 0 Å². The quantitative estimate of drug-likeness (QED) is 0.413. The largest absolute Gasteiger partial charge is 0.299 e. The molecule has 9 atom stereocenters. The van der Waals surface area contributed by atoms with Crippen LogP contribution >= 0.6 is 11.6 Å². The van der Waals surface area contributed by atoms with Gasteiger partial charge in [0.15, 0.2) is 0 Å². The molecule has 4 rings (SSSR count). The molecule has 29 heavy (non-hydrogen) atoms. The summed E-state index contributed by atoms with van der Waals surface area (Å²) in [5.74, 6) is 5.57. The van der Waals surface area contributed by atoms with Crippen LogP contribution in [0, 0.1) is 52.3 Å². The number of rotatable bonds is 5. The number of ketones is 1. The van der Waals surface area contributed by atoms with Gasteiger partial charge in [0.1, 0.15) is 5.78 Å². The molecule has 0 saturated heterocycles. The number of hydrogen-bond acceptors (Lipinski definition) is 1.